The van der Waals surface area contributed by atoms with E-state index in [9.17, 15) is 14.0 Å². The monoisotopic (exact) mass is 360 g/mol. The number of benzene rings is 1. The molecule has 0 aliphatic rings. The van der Waals surface area contributed by atoms with Gasteiger partial charge in [0, 0.05) is 16.2 Å². The number of hydrogen-bond donors (Lipinski definition) is 1. The Bertz CT molecular complexity index is 753. The highest BCUT2D eigenvalue weighted by atomic mass is 79.9. The third-order valence-electron chi connectivity index (χ3n) is 2.50. The average Bonchev–Trinajstić information content (AvgIpc) is 2.29. The lowest BCUT2D eigenvalue weighted by Crippen LogP contribution is -2.22. The number of hydrogen-bond acceptors (Lipinski definition) is 3. The number of aryl methyl sites for hydroxylation is 1. The highest BCUT2D eigenvalue weighted by Crippen LogP contribution is 2.30. The number of carboxylic acids is 1. The van der Waals surface area contributed by atoms with Crippen molar-refractivity contribution in [2.45, 2.75) is 6.92 Å². The lowest BCUT2D eigenvalue weighted by Gasteiger charge is -2.13. The van der Waals surface area contributed by atoms with Gasteiger partial charge in [-0.15, -0.1) is 0 Å². The highest BCUT2D eigenvalue weighted by molar-refractivity contribution is 9.10. The van der Waals surface area contributed by atoms with Crippen molar-refractivity contribution in [3.05, 3.63) is 55.1 Å². The highest BCUT2D eigenvalue weighted by Gasteiger charge is 2.17. The van der Waals surface area contributed by atoms with E-state index in [1.165, 1.54) is 10.7 Å². The van der Waals surface area contributed by atoms with Crippen LogP contribution in [0.25, 0.3) is 5.69 Å². The van der Waals surface area contributed by atoms with E-state index >= 15 is 0 Å². The fourth-order valence-corrected chi connectivity index (χ4v) is 2.66. The third kappa shape index (κ3) is 2.59. The number of halogens is 3. The van der Waals surface area contributed by atoms with E-state index in [0.717, 1.165) is 12.1 Å². The number of carboxylic acid groups (broad SMARTS) is 1. The van der Waals surface area contributed by atoms with E-state index < -0.39 is 22.9 Å². The molecule has 0 atom stereocenters. The van der Waals surface area contributed by atoms with Gasteiger partial charge in [0.15, 0.2) is 0 Å². The van der Waals surface area contributed by atoms with Crippen LogP contribution in [0.3, 0.4) is 0 Å². The lowest BCUT2D eigenvalue weighted by molar-refractivity contribution is 0.0686. The summed E-state index contributed by atoms with van der Waals surface area (Å²) in [7, 11) is 0. The molecule has 1 heterocycles. The molecule has 1 aromatic heterocycles. The van der Waals surface area contributed by atoms with Gasteiger partial charge in [-0.3, -0.25) is 4.79 Å². The van der Waals surface area contributed by atoms with Gasteiger partial charge < -0.3 is 5.11 Å². The van der Waals surface area contributed by atoms with Crippen LogP contribution in [0, 0.1) is 12.7 Å². The second-order valence-corrected chi connectivity index (χ2v) is 5.20. The number of aromatic nitrogens is 2. The van der Waals surface area contributed by atoms with Gasteiger partial charge in [0.1, 0.15) is 5.82 Å². The van der Waals surface area contributed by atoms with Gasteiger partial charge in [-0.1, -0.05) is 11.6 Å². The third-order valence-corrected chi connectivity index (χ3v) is 3.40. The molecule has 0 aliphatic heterocycles. The Morgan fingerprint density at radius 2 is 2.10 bits per heavy atom. The maximum atomic E-state index is 13.2. The van der Waals surface area contributed by atoms with Gasteiger partial charge in [0.25, 0.3) is 0 Å². The molecular formula is C12H7BrClFN2O3. The minimum absolute atomic E-state index is 0.0347. The van der Waals surface area contributed by atoms with Gasteiger partial charge >= 0.3 is 5.97 Å². The van der Waals surface area contributed by atoms with Crippen LogP contribution in [0.5, 0.6) is 0 Å². The second-order valence-electron chi connectivity index (χ2n) is 3.93. The smallest absolute Gasteiger partial charge is 0.360 e. The molecule has 0 saturated heterocycles. The number of rotatable bonds is 2. The largest absolute Gasteiger partial charge is 0.476 e. The van der Waals surface area contributed by atoms with Crippen LogP contribution in [-0.2, 0) is 0 Å². The van der Waals surface area contributed by atoms with Crippen LogP contribution in [0.4, 0.5) is 4.39 Å². The molecule has 2 rings (SSSR count). The van der Waals surface area contributed by atoms with Crippen molar-refractivity contribution in [2.24, 2.45) is 0 Å². The zero-order chi connectivity index (χ0) is 15.0. The first kappa shape index (κ1) is 14.7. The molecule has 1 aromatic carbocycles. The molecule has 2 aromatic rings. The number of carbonyl (C=O) groups is 1. The van der Waals surface area contributed by atoms with Crippen molar-refractivity contribution < 1.29 is 14.3 Å². The van der Waals surface area contributed by atoms with Crippen LogP contribution in [0.2, 0.25) is 5.02 Å². The summed E-state index contributed by atoms with van der Waals surface area (Å²) < 4.78 is 14.7. The number of aromatic carboxylic acids is 1. The molecule has 0 saturated carbocycles. The summed E-state index contributed by atoms with van der Waals surface area (Å²) in [5.41, 5.74) is -0.717. The SMILES string of the molecule is Cc1cc(=O)c(C(=O)O)nn1-c1c(Cl)cc(F)cc1Br. The number of nitrogens with zero attached hydrogens (tertiary/aromatic N) is 2. The molecular weight excluding hydrogens is 354 g/mol. The first-order valence-corrected chi connectivity index (χ1v) is 6.47. The van der Waals surface area contributed by atoms with Crippen LogP contribution < -0.4 is 5.43 Å². The molecule has 0 spiro atoms. The molecule has 5 nitrogen and oxygen atoms in total. The predicted octanol–water partition coefficient (Wildman–Crippen LogP) is 2.79. The van der Waals surface area contributed by atoms with Crippen LogP contribution >= 0.6 is 27.5 Å². The summed E-state index contributed by atoms with van der Waals surface area (Å²) in [5.74, 6) is -2.00. The Hall–Kier alpha value is -1.73. The van der Waals surface area contributed by atoms with Crippen LogP contribution in [0.1, 0.15) is 16.2 Å². The van der Waals surface area contributed by atoms with E-state index in [0.29, 0.717) is 5.69 Å². The van der Waals surface area contributed by atoms with Gasteiger partial charge in [0.2, 0.25) is 11.1 Å². The van der Waals surface area contributed by atoms with E-state index in [4.69, 9.17) is 16.7 Å². The normalized spacial score (nSPS) is 10.6. The zero-order valence-corrected chi connectivity index (χ0v) is 12.4. The Balaban J connectivity index is 2.80. The van der Waals surface area contributed by atoms with Crippen molar-refractivity contribution >= 4 is 33.5 Å². The second kappa shape index (κ2) is 5.34. The van der Waals surface area contributed by atoms with Crippen LogP contribution in [-0.4, -0.2) is 20.9 Å². The molecule has 0 unspecified atom stereocenters. The van der Waals surface area contributed by atoms with Gasteiger partial charge in [0.05, 0.1) is 10.7 Å². The molecule has 0 amide bonds. The van der Waals surface area contributed by atoms with Gasteiger partial charge in [-0.2, -0.15) is 5.10 Å². The topological polar surface area (TPSA) is 72.2 Å². The first-order valence-electron chi connectivity index (χ1n) is 5.30. The maximum Gasteiger partial charge on any atom is 0.360 e. The fraction of sp³-hybridized carbons (Fsp3) is 0.0833. The lowest BCUT2D eigenvalue weighted by atomic mass is 10.2. The Kier molecular flexibility index (Phi) is 3.92. The molecule has 0 bridgehead atoms. The Morgan fingerprint density at radius 3 is 2.65 bits per heavy atom. The van der Waals surface area contributed by atoms with Crippen molar-refractivity contribution in [1.29, 1.82) is 0 Å². The summed E-state index contributed by atoms with van der Waals surface area (Å²) in [6, 6.07) is 3.37. The quantitative estimate of drug-likeness (QED) is 0.893. The zero-order valence-electron chi connectivity index (χ0n) is 10.0. The maximum absolute atomic E-state index is 13.2. The molecule has 1 N–H and O–H groups in total. The molecule has 104 valence electrons. The molecule has 0 fully saturated rings. The minimum atomic E-state index is -1.45. The molecule has 0 radical (unpaired) electrons. The van der Waals surface area contributed by atoms with E-state index in [1.807, 2.05) is 0 Å². The fourth-order valence-electron chi connectivity index (χ4n) is 1.66. The summed E-state index contributed by atoms with van der Waals surface area (Å²) in [4.78, 5) is 22.5. The van der Waals surface area contributed by atoms with Gasteiger partial charge in [-0.05, 0) is 35.0 Å². The van der Waals surface area contributed by atoms with Crippen molar-refractivity contribution in [3.8, 4) is 5.69 Å². The van der Waals surface area contributed by atoms with E-state index in [2.05, 4.69) is 21.0 Å². The van der Waals surface area contributed by atoms with Crippen molar-refractivity contribution in [2.75, 3.05) is 0 Å². The van der Waals surface area contributed by atoms with E-state index in [-0.39, 0.29) is 15.2 Å². The standard InChI is InChI=1S/C12H7BrClFN2O3/c1-5-2-9(18)10(12(19)20)16-17(5)11-7(13)3-6(15)4-8(11)14/h2-4H,1H3,(H,19,20). The van der Waals surface area contributed by atoms with Crippen LogP contribution in [0.15, 0.2) is 27.5 Å². The molecule has 0 aliphatic carbocycles. The van der Waals surface area contributed by atoms with Crippen molar-refractivity contribution in [1.82, 2.24) is 9.78 Å². The summed E-state index contributed by atoms with van der Waals surface area (Å²) in [5, 5.41) is 12.7. The first-order chi connectivity index (χ1) is 9.31. The van der Waals surface area contributed by atoms with E-state index in [1.54, 1.807) is 6.92 Å². The van der Waals surface area contributed by atoms with Gasteiger partial charge in [-0.25, -0.2) is 13.9 Å². The molecule has 20 heavy (non-hydrogen) atoms. The Labute approximate surface area is 125 Å². The Morgan fingerprint density at radius 1 is 1.45 bits per heavy atom. The van der Waals surface area contributed by atoms with Crippen molar-refractivity contribution in [3.63, 3.8) is 0 Å². The summed E-state index contributed by atoms with van der Waals surface area (Å²) in [6.45, 7) is 1.56. The summed E-state index contributed by atoms with van der Waals surface area (Å²) >= 11 is 9.09. The average molecular weight is 362 g/mol. The molecule has 8 heteroatoms. The minimum Gasteiger partial charge on any atom is -0.476 e. The summed E-state index contributed by atoms with van der Waals surface area (Å²) in [6.07, 6.45) is 0. The predicted molar refractivity (Wildman–Crippen MR) is 74.2 cm³/mol.